The van der Waals surface area contributed by atoms with Crippen LogP contribution in [0.25, 0.3) is 11.0 Å². The van der Waals surface area contributed by atoms with Gasteiger partial charge in [0.25, 0.3) is 5.91 Å². The first-order valence-electron chi connectivity index (χ1n) is 9.38. The van der Waals surface area contributed by atoms with Crippen LogP contribution < -0.4 is 5.73 Å². The second-order valence-electron chi connectivity index (χ2n) is 7.77. The minimum Gasteiger partial charge on any atom is -0.368 e. The summed E-state index contributed by atoms with van der Waals surface area (Å²) in [5.74, 6) is 0.385. The molecular formula is C20H22N6O. The maximum absolute atomic E-state index is 13.2. The molecule has 7 nitrogen and oxygen atoms in total. The molecule has 27 heavy (non-hydrogen) atoms. The Morgan fingerprint density at radius 3 is 3.04 bits per heavy atom. The van der Waals surface area contributed by atoms with Gasteiger partial charge in [0.05, 0.1) is 23.1 Å². The molecule has 2 aliphatic rings. The molecule has 2 N–H and O–H groups in total. The van der Waals surface area contributed by atoms with Gasteiger partial charge in [-0.05, 0) is 49.4 Å². The van der Waals surface area contributed by atoms with Gasteiger partial charge in [0.15, 0.2) is 0 Å². The summed E-state index contributed by atoms with van der Waals surface area (Å²) in [6, 6.07) is 5.76. The zero-order chi connectivity index (χ0) is 18.6. The number of imidazole rings is 1. The summed E-state index contributed by atoms with van der Waals surface area (Å²) in [5.41, 5.74) is 10.6. The number of aromatic nitrogens is 4. The number of benzene rings is 1. The maximum Gasteiger partial charge on any atom is 0.253 e. The molecule has 1 spiro atoms. The van der Waals surface area contributed by atoms with Crippen molar-refractivity contribution in [1.29, 1.82) is 0 Å². The Morgan fingerprint density at radius 2 is 2.15 bits per heavy atom. The summed E-state index contributed by atoms with van der Waals surface area (Å²) in [6.45, 7) is 1.46. The van der Waals surface area contributed by atoms with E-state index in [0.29, 0.717) is 18.1 Å². The highest BCUT2D eigenvalue weighted by Gasteiger charge is 2.44. The number of likely N-dealkylation sites (tertiary alicyclic amines) is 1. The van der Waals surface area contributed by atoms with Crippen molar-refractivity contribution in [2.24, 2.45) is 7.05 Å². The predicted molar refractivity (Wildman–Crippen MR) is 102 cm³/mol. The van der Waals surface area contributed by atoms with E-state index < -0.39 is 0 Å². The number of amides is 1. The Hall–Kier alpha value is -2.96. The molecule has 2 aromatic heterocycles. The standard InChI is InChI=1S/C20H22N6O/c1-25-12-23-15-9-13(3-4-16(15)25)18(27)26-8-2-6-20(11-26)7-5-14-10-22-19(21)24-17(14)20/h3-4,9-10,12H,2,5-8,11H2,1H3,(H2,21,22,24). The van der Waals surface area contributed by atoms with Crippen LogP contribution in [-0.4, -0.2) is 43.4 Å². The van der Waals surface area contributed by atoms with E-state index in [-0.39, 0.29) is 11.3 Å². The van der Waals surface area contributed by atoms with E-state index in [1.54, 1.807) is 6.33 Å². The van der Waals surface area contributed by atoms with Crippen LogP contribution >= 0.6 is 0 Å². The summed E-state index contributed by atoms with van der Waals surface area (Å²) in [5, 5.41) is 0. The number of rotatable bonds is 1. The van der Waals surface area contributed by atoms with Crippen molar-refractivity contribution in [3.05, 3.63) is 47.5 Å². The van der Waals surface area contributed by atoms with Gasteiger partial charge < -0.3 is 15.2 Å². The lowest BCUT2D eigenvalue weighted by Crippen LogP contribution is -2.48. The molecule has 3 heterocycles. The molecule has 1 saturated heterocycles. The van der Waals surface area contributed by atoms with E-state index in [2.05, 4.69) is 15.0 Å². The molecule has 1 unspecified atom stereocenters. The number of carbonyl (C=O) groups excluding carboxylic acids is 1. The van der Waals surface area contributed by atoms with Crippen LogP contribution in [0.2, 0.25) is 0 Å². The monoisotopic (exact) mass is 362 g/mol. The quantitative estimate of drug-likeness (QED) is 0.716. The molecule has 0 bridgehead atoms. The lowest BCUT2D eigenvalue weighted by Gasteiger charge is -2.40. The summed E-state index contributed by atoms with van der Waals surface area (Å²) in [7, 11) is 1.95. The molecule has 1 atom stereocenters. The van der Waals surface area contributed by atoms with Gasteiger partial charge in [0.1, 0.15) is 0 Å². The van der Waals surface area contributed by atoms with E-state index in [0.717, 1.165) is 49.0 Å². The highest BCUT2D eigenvalue weighted by Crippen LogP contribution is 2.44. The number of carbonyl (C=O) groups is 1. The Kier molecular flexibility index (Phi) is 3.47. The predicted octanol–water partition coefficient (Wildman–Crippen LogP) is 2.07. The molecule has 1 aliphatic heterocycles. The normalized spacial score (nSPS) is 21.7. The van der Waals surface area contributed by atoms with Crippen molar-refractivity contribution >= 4 is 22.9 Å². The first-order valence-corrected chi connectivity index (χ1v) is 9.38. The fourth-order valence-corrected chi connectivity index (χ4v) is 4.71. The van der Waals surface area contributed by atoms with Gasteiger partial charge >= 0.3 is 0 Å². The topological polar surface area (TPSA) is 89.9 Å². The third-order valence-electron chi connectivity index (χ3n) is 6.09. The van der Waals surface area contributed by atoms with Gasteiger partial charge in [0, 0.05) is 37.3 Å². The minimum atomic E-state index is -0.0879. The van der Waals surface area contributed by atoms with Gasteiger partial charge in [0.2, 0.25) is 5.95 Å². The number of hydrogen-bond donors (Lipinski definition) is 1. The molecule has 7 heteroatoms. The van der Waals surface area contributed by atoms with Crippen LogP contribution in [0, 0.1) is 0 Å². The zero-order valence-electron chi connectivity index (χ0n) is 15.4. The number of aryl methyl sites for hydroxylation is 2. The number of hydrogen-bond acceptors (Lipinski definition) is 5. The Morgan fingerprint density at radius 1 is 1.26 bits per heavy atom. The van der Waals surface area contributed by atoms with Crippen molar-refractivity contribution in [2.75, 3.05) is 18.8 Å². The highest BCUT2D eigenvalue weighted by atomic mass is 16.2. The van der Waals surface area contributed by atoms with Crippen LogP contribution in [0.15, 0.2) is 30.7 Å². The average Bonchev–Trinajstić information content (AvgIpc) is 3.22. The Labute approximate surface area is 157 Å². The first kappa shape index (κ1) is 16.2. The van der Waals surface area contributed by atoms with Crippen LogP contribution in [0.5, 0.6) is 0 Å². The van der Waals surface area contributed by atoms with E-state index in [4.69, 9.17) is 5.73 Å². The second kappa shape index (κ2) is 5.77. The molecule has 1 aliphatic carbocycles. The first-order chi connectivity index (χ1) is 13.1. The number of nitrogen functional groups attached to an aromatic ring is 1. The van der Waals surface area contributed by atoms with Gasteiger partial charge in [-0.1, -0.05) is 0 Å². The van der Waals surface area contributed by atoms with Crippen LogP contribution in [0.4, 0.5) is 5.95 Å². The molecular weight excluding hydrogens is 340 g/mol. The average molecular weight is 362 g/mol. The summed E-state index contributed by atoms with van der Waals surface area (Å²) < 4.78 is 1.96. The fraction of sp³-hybridized carbons (Fsp3) is 0.400. The van der Waals surface area contributed by atoms with Crippen molar-refractivity contribution in [3.8, 4) is 0 Å². The maximum atomic E-state index is 13.2. The number of anilines is 1. The van der Waals surface area contributed by atoms with Gasteiger partial charge in [-0.25, -0.2) is 15.0 Å². The van der Waals surface area contributed by atoms with E-state index in [1.165, 1.54) is 5.56 Å². The van der Waals surface area contributed by atoms with E-state index >= 15 is 0 Å². The number of nitrogens with two attached hydrogens (primary N) is 1. The van der Waals surface area contributed by atoms with E-state index in [9.17, 15) is 4.79 Å². The summed E-state index contributed by atoms with van der Waals surface area (Å²) in [4.78, 5) is 28.2. The van der Waals surface area contributed by atoms with Crippen molar-refractivity contribution < 1.29 is 4.79 Å². The largest absolute Gasteiger partial charge is 0.368 e. The van der Waals surface area contributed by atoms with Crippen LogP contribution in [-0.2, 0) is 18.9 Å². The zero-order valence-corrected chi connectivity index (χ0v) is 15.4. The van der Waals surface area contributed by atoms with Crippen LogP contribution in [0.1, 0.15) is 40.9 Å². The van der Waals surface area contributed by atoms with Gasteiger partial charge in [-0.2, -0.15) is 0 Å². The molecule has 0 radical (unpaired) electrons. The Balaban J connectivity index is 1.46. The van der Waals surface area contributed by atoms with Gasteiger partial charge in [-0.15, -0.1) is 0 Å². The summed E-state index contributed by atoms with van der Waals surface area (Å²) >= 11 is 0. The van der Waals surface area contributed by atoms with Gasteiger partial charge in [-0.3, -0.25) is 4.79 Å². The number of nitrogens with zero attached hydrogens (tertiary/aromatic N) is 5. The van der Waals surface area contributed by atoms with Crippen molar-refractivity contribution in [3.63, 3.8) is 0 Å². The third-order valence-corrected chi connectivity index (χ3v) is 6.09. The third kappa shape index (κ3) is 2.49. The second-order valence-corrected chi connectivity index (χ2v) is 7.77. The Bertz CT molecular complexity index is 1050. The molecule has 5 rings (SSSR count). The highest BCUT2D eigenvalue weighted by molar-refractivity contribution is 5.97. The molecule has 138 valence electrons. The lowest BCUT2D eigenvalue weighted by molar-refractivity contribution is 0.0633. The SMILES string of the molecule is Cn1cnc2cc(C(=O)N3CCCC4(CCc5cnc(N)nc54)C3)ccc21. The minimum absolute atomic E-state index is 0.0668. The molecule has 1 fully saturated rings. The lowest BCUT2D eigenvalue weighted by atomic mass is 9.77. The van der Waals surface area contributed by atoms with Crippen molar-refractivity contribution in [1.82, 2.24) is 24.4 Å². The van der Waals surface area contributed by atoms with Crippen LogP contribution in [0.3, 0.4) is 0 Å². The smallest absolute Gasteiger partial charge is 0.253 e. The molecule has 1 amide bonds. The number of piperidine rings is 1. The van der Waals surface area contributed by atoms with E-state index in [1.807, 2.05) is 40.9 Å². The fourth-order valence-electron chi connectivity index (χ4n) is 4.71. The molecule has 1 aromatic carbocycles. The molecule has 3 aromatic rings. The van der Waals surface area contributed by atoms with Crippen molar-refractivity contribution in [2.45, 2.75) is 31.1 Å². The summed E-state index contributed by atoms with van der Waals surface area (Å²) in [6.07, 6.45) is 7.60. The number of fused-ring (bicyclic) bond motifs is 3. The molecule has 0 saturated carbocycles.